The molecule has 16 heteroatoms. The van der Waals surface area contributed by atoms with Gasteiger partial charge in [0.2, 0.25) is 35.4 Å². The summed E-state index contributed by atoms with van der Waals surface area (Å²) in [6.45, 7) is 16.3. The highest BCUT2D eigenvalue weighted by Gasteiger charge is 2.20. The molecule has 0 aromatic heterocycles. The summed E-state index contributed by atoms with van der Waals surface area (Å²) in [7, 11) is 7.61. The highest BCUT2D eigenvalue weighted by Crippen LogP contribution is 2.14. The minimum atomic E-state index is -0.0868. The van der Waals surface area contributed by atoms with Crippen molar-refractivity contribution in [3.8, 4) is 0 Å². The van der Waals surface area contributed by atoms with Crippen molar-refractivity contribution < 1.29 is 28.8 Å². The lowest BCUT2D eigenvalue weighted by atomic mass is 10.1. The first-order chi connectivity index (χ1) is 42.8. The third-order valence-corrected chi connectivity index (χ3v) is 17.5. The van der Waals surface area contributed by atoms with Crippen LogP contribution < -0.4 is 21.3 Å². The van der Waals surface area contributed by atoms with Crippen LogP contribution in [0.25, 0.3) is 0 Å². The predicted molar refractivity (Wildman–Crippen MR) is 372 cm³/mol. The topological polar surface area (TPSA) is 170 Å². The number of carbonyl (C=O) groups is 6. The molecule has 6 amide bonds. The van der Waals surface area contributed by atoms with Crippen LogP contribution in [0.3, 0.4) is 0 Å². The Morgan fingerprint density at radius 3 is 0.636 bits per heavy atom. The Kier molecular flexibility index (Phi) is 61.4. The van der Waals surface area contributed by atoms with E-state index < -0.39 is 0 Å². The molecule has 4 N–H and O–H groups in total. The maximum atomic E-state index is 13.4. The van der Waals surface area contributed by atoms with E-state index in [0.717, 1.165) is 64.5 Å². The maximum Gasteiger partial charge on any atom is 0.234 e. The van der Waals surface area contributed by atoms with E-state index in [-0.39, 0.29) is 61.6 Å². The molecule has 0 saturated heterocycles. The van der Waals surface area contributed by atoms with Gasteiger partial charge in [-0.1, -0.05) is 259 Å². The summed E-state index contributed by atoms with van der Waals surface area (Å²) >= 11 is 0. The molecule has 0 spiro atoms. The molecule has 16 nitrogen and oxygen atoms in total. The van der Waals surface area contributed by atoms with Gasteiger partial charge < -0.3 is 40.9 Å². The van der Waals surface area contributed by atoms with Crippen LogP contribution in [0.5, 0.6) is 0 Å². The highest BCUT2D eigenvalue weighted by atomic mass is 16.2. The predicted octanol–water partition coefficient (Wildman–Crippen LogP) is 13.3. The van der Waals surface area contributed by atoms with Crippen LogP contribution in [0, 0.1) is 0 Å². The molecule has 0 rings (SSSR count). The number of amides is 6. The van der Waals surface area contributed by atoms with Crippen LogP contribution in [-0.4, -0.2) is 198 Å². The lowest BCUT2D eigenvalue weighted by Crippen LogP contribution is -2.46. The van der Waals surface area contributed by atoms with Crippen molar-refractivity contribution in [2.45, 2.75) is 297 Å². The molecule has 518 valence electrons. The molecule has 0 aliphatic rings. The molecule has 0 saturated carbocycles. The molecule has 0 radical (unpaired) electrons. The van der Waals surface area contributed by atoms with Gasteiger partial charge in [-0.2, -0.15) is 0 Å². The molecule has 0 aliphatic heterocycles. The van der Waals surface area contributed by atoms with E-state index in [9.17, 15) is 28.8 Å². The summed E-state index contributed by atoms with van der Waals surface area (Å²) in [4.78, 5) is 90.9. The Balaban J connectivity index is 5.04. The SMILES string of the molecule is CCCCCCCCCCCCNC(=O)CN(CCN(C)C(=O)CCN(C)CCN(C)CCC(=O)N(C)CCN(CC(=O)NCCCCCCCCCCCC)CC(=O)NCCCCCCCCCCCC)CC(=O)NCCCCCCCCCCCC. The van der Waals surface area contributed by atoms with E-state index in [1.165, 1.54) is 205 Å². The summed E-state index contributed by atoms with van der Waals surface area (Å²) in [6.07, 6.45) is 50.2. The fourth-order valence-electron chi connectivity index (χ4n) is 11.2. The van der Waals surface area contributed by atoms with E-state index in [0.29, 0.717) is 78.3 Å². The van der Waals surface area contributed by atoms with Crippen LogP contribution >= 0.6 is 0 Å². The van der Waals surface area contributed by atoms with Crippen LogP contribution in [0.1, 0.15) is 297 Å². The van der Waals surface area contributed by atoms with Gasteiger partial charge in [-0.3, -0.25) is 38.6 Å². The monoisotopic (exact) mass is 1250 g/mol. The Labute approximate surface area is 542 Å². The van der Waals surface area contributed by atoms with Crippen molar-refractivity contribution in [3.63, 3.8) is 0 Å². The summed E-state index contributed by atoms with van der Waals surface area (Å²) in [5.74, 6) is -0.323. The van der Waals surface area contributed by atoms with Gasteiger partial charge in [-0.15, -0.1) is 0 Å². The maximum absolute atomic E-state index is 13.4. The van der Waals surface area contributed by atoms with Crippen LogP contribution in [0.2, 0.25) is 0 Å². The zero-order valence-corrected chi connectivity index (χ0v) is 59.1. The largest absolute Gasteiger partial charge is 0.355 e. The van der Waals surface area contributed by atoms with Crippen molar-refractivity contribution in [1.29, 1.82) is 0 Å². The first-order valence-corrected chi connectivity index (χ1v) is 37.1. The molecular formula is C72H144N10O6. The third kappa shape index (κ3) is 57.8. The molecular weight excluding hydrogens is 1100 g/mol. The summed E-state index contributed by atoms with van der Waals surface area (Å²) in [5.41, 5.74) is 0. The molecule has 0 bridgehead atoms. The van der Waals surface area contributed by atoms with Gasteiger partial charge in [0.25, 0.3) is 0 Å². The Hall–Kier alpha value is -3.34. The van der Waals surface area contributed by atoms with Gasteiger partial charge in [0.15, 0.2) is 0 Å². The third-order valence-electron chi connectivity index (χ3n) is 17.5. The summed E-state index contributed by atoms with van der Waals surface area (Å²) in [6, 6.07) is 0. The van der Waals surface area contributed by atoms with Crippen LogP contribution in [0.15, 0.2) is 0 Å². The number of nitrogens with zero attached hydrogens (tertiary/aromatic N) is 6. The fraction of sp³-hybridized carbons (Fsp3) is 0.917. The lowest BCUT2D eigenvalue weighted by molar-refractivity contribution is -0.132. The minimum absolute atomic E-state index is 0.0122. The van der Waals surface area contributed by atoms with Crippen LogP contribution in [-0.2, 0) is 28.8 Å². The number of nitrogens with one attached hydrogen (secondary N) is 4. The molecule has 0 aliphatic carbocycles. The van der Waals surface area contributed by atoms with Gasteiger partial charge in [0.1, 0.15) is 0 Å². The Bertz CT molecular complexity index is 1450. The molecule has 88 heavy (non-hydrogen) atoms. The summed E-state index contributed by atoms with van der Waals surface area (Å²) in [5, 5.41) is 12.3. The number of rotatable bonds is 67. The standard InChI is InChI=1S/C72H144N10O6/c1-9-13-17-21-25-29-33-37-41-45-51-73-67(83)63-81(64-68(84)74-52-46-42-38-34-30-26-22-18-14-10-2)61-59-79(7)71(87)49-55-77(5)57-58-78(6)56-50-72(88)80(8)60-62-82(65-69(85)75-53-47-43-39-35-31-27-23-19-15-11-3)66-70(86)76-54-48-44-40-36-32-28-24-20-16-12-4/h9-66H2,1-8H3,(H,73,83)(H,74,84)(H,75,85)(H,76,86). The van der Waals surface area contributed by atoms with Crippen molar-refractivity contribution >= 4 is 35.4 Å². The number of likely N-dealkylation sites (N-methyl/N-ethyl adjacent to an activating group) is 4. The Morgan fingerprint density at radius 2 is 0.432 bits per heavy atom. The second-order valence-electron chi connectivity index (χ2n) is 26.3. The second-order valence-corrected chi connectivity index (χ2v) is 26.3. The average Bonchev–Trinajstić information content (AvgIpc) is 3.57. The van der Waals surface area contributed by atoms with Crippen molar-refractivity contribution in [3.05, 3.63) is 0 Å². The zero-order valence-electron chi connectivity index (χ0n) is 59.1. The molecule has 0 heterocycles. The molecule has 0 aromatic rings. The van der Waals surface area contributed by atoms with E-state index in [1.54, 1.807) is 23.9 Å². The quantitative estimate of drug-likeness (QED) is 0.0430. The van der Waals surface area contributed by atoms with Gasteiger partial charge >= 0.3 is 0 Å². The number of carbonyl (C=O) groups excluding carboxylic acids is 6. The second kappa shape index (κ2) is 63.8. The lowest BCUT2D eigenvalue weighted by Gasteiger charge is -2.26. The zero-order chi connectivity index (χ0) is 64.8. The summed E-state index contributed by atoms with van der Waals surface area (Å²) < 4.78 is 0. The normalized spacial score (nSPS) is 11.5. The molecule has 0 atom stereocenters. The Morgan fingerprint density at radius 1 is 0.239 bits per heavy atom. The van der Waals surface area contributed by atoms with E-state index in [4.69, 9.17) is 0 Å². The average molecular weight is 1250 g/mol. The van der Waals surface area contributed by atoms with Crippen LogP contribution in [0.4, 0.5) is 0 Å². The smallest absolute Gasteiger partial charge is 0.234 e. The van der Waals surface area contributed by atoms with Gasteiger partial charge in [-0.05, 0) is 39.8 Å². The highest BCUT2D eigenvalue weighted by molar-refractivity contribution is 5.82. The van der Waals surface area contributed by atoms with Crippen molar-refractivity contribution in [2.75, 3.05) is 133 Å². The van der Waals surface area contributed by atoms with E-state index >= 15 is 0 Å². The van der Waals surface area contributed by atoms with Gasteiger partial charge in [0, 0.05) is 105 Å². The first kappa shape index (κ1) is 84.7. The first-order valence-electron chi connectivity index (χ1n) is 37.1. The number of hydrogen-bond donors (Lipinski definition) is 4. The van der Waals surface area contributed by atoms with Crippen molar-refractivity contribution in [2.24, 2.45) is 0 Å². The van der Waals surface area contributed by atoms with Crippen molar-refractivity contribution in [1.82, 2.24) is 50.7 Å². The molecule has 0 aromatic carbocycles. The number of hydrogen-bond acceptors (Lipinski definition) is 10. The van der Waals surface area contributed by atoms with E-state index in [2.05, 4.69) is 58.8 Å². The molecule has 0 fully saturated rings. The molecule has 0 unspecified atom stereocenters. The number of unbranched alkanes of at least 4 members (excludes halogenated alkanes) is 36. The van der Waals surface area contributed by atoms with Gasteiger partial charge in [0.05, 0.1) is 26.2 Å². The minimum Gasteiger partial charge on any atom is -0.355 e. The van der Waals surface area contributed by atoms with Gasteiger partial charge in [-0.25, -0.2) is 0 Å². The fourth-order valence-corrected chi connectivity index (χ4v) is 11.2. The van der Waals surface area contributed by atoms with E-state index in [1.807, 2.05) is 23.9 Å².